The average molecular weight is 478 g/mol. The topological polar surface area (TPSA) is 252 Å². The molecule has 0 heterocycles. The molecule has 0 fully saturated rings. The van der Waals surface area contributed by atoms with Crippen LogP contribution in [0.15, 0.2) is 4.99 Å². The van der Waals surface area contributed by atoms with Crippen LogP contribution in [0.5, 0.6) is 0 Å². The molecule has 3 unspecified atom stereocenters. The molecule has 0 aliphatic rings. The highest BCUT2D eigenvalue weighted by Crippen LogP contribution is 2.05. The van der Waals surface area contributed by atoms with E-state index in [1.807, 2.05) is 0 Å². The lowest BCUT2D eigenvalue weighted by atomic mass is 10.1. The minimum atomic E-state index is -1.36. The lowest BCUT2D eigenvalue weighted by Gasteiger charge is -2.23. The fourth-order valence-corrected chi connectivity index (χ4v) is 2.87. The number of amides is 3. The highest BCUT2D eigenvalue weighted by Gasteiger charge is 2.28. The Labute approximate surface area is 189 Å². The Bertz CT molecular complexity index is 701. The van der Waals surface area contributed by atoms with Gasteiger partial charge >= 0.3 is 11.9 Å². The zero-order valence-electron chi connectivity index (χ0n) is 17.7. The van der Waals surface area contributed by atoms with E-state index in [1.165, 1.54) is 11.8 Å². The Morgan fingerprint density at radius 1 is 0.938 bits per heavy atom. The van der Waals surface area contributed by atoms with E-state index in [-0.39, 0.29) is 25.3 Å². The van der Waals surface area contributed by atoms with Gasteiger partial charge in [-0.05, 0) is 31.3 Å². The number of guanidine groups is 1. The van der Waals surface area contributed by atoms with Gasteiger partial charge in [0.15, 0.2) is 5.96 Å². The number of carboxylic acids is 2. The van der Waals surface area contributed by atoms with Gasteiger partial charge in [0.1, 0.15) is 18.6 Å². The summed E-state index contributed by atoms with van der Waals surface area (Å²) in [5.41, 5.74) is 16.0. The smallest absolute Gasteiger partial charge is 0.322 e. The summed E-state index contributed by atoms with van der Waals surface area (Å²) in [6.07, 6.45) is 1.76. The fraction of sp³-hybridized carbons (Fsp3) is 0.647. The van der Waals surface area contributed by atoms with Gasteiger partial charge in [-0.25, -0.2) is 0 Å². The van der Waals surface area contributed by atoms with Crippen molar-refractivity contribution in [2.75, 3.05) is 25.1 Å². The molecule has 0 rings (SSSR count). The standard InChI is InChI=1S/C17H31N7O7S/c1-32-6-4-11(23-14(29)9(18)7-12(25)26)16(31)24-10(3-2-5-21-17(19)20)15(30)22-8-13(27)28/h9-11H,2-8,18H2,1H3,(H,22,30)(H,23,29)(H,24,31)(H,25,26)(H,27,28)(H4,19,20,21). The maximum Gasteiger partial charge on any atom is 0.322 e. The molecule has 0 aromatic heterocycles. The van der Waals surface area contributed by atoms with Crippen LogP contribution in [0.1, 0.15) is 25.7 Å². The first-order valence-corrected chi connectivity index (χ1v) is 11.0. The van der Waals surface area contributed by atoms with Gasteiger partial charge in [0.05, 0.1) is 12.5 Å². The molecule has 182 valence electrons. The van der Waals surface area contributed by atoms with Crippen LogP contribution >= 0.6 is 11.8 Å². The predicted octanol–water partition coefficient (Wildman–Crippen LogP) is -3.23. The van der Waals surface area contributed by atoms with Crippen LogP contribution in [0.3, 0.4) is 0 Å². The summed E-state index contributed by atoms with van der Waals surface area (Å²) < 4.78 is 0. The number of nitrogens with one attached hydrogen (secondary N) is 3. The van der Waals surface area contributed by atoms with Gasteiger partial charge in [-0.15, -0.1) is 0 Å². The second kappa shape index (κ2) is 15.7. The zero-order chi connectivity index (χ0) is 24.7. The Hall–Kier alpha value is -3.07. The number of thioether (sulfide) groups is 1. The van der Waals surface area contributed by atoms with Crippen molar-refractivity contribution in [2.24, 2.45) is 22.2 Å². The first kappa shape index (κ1) is 28.9. The van der Waals surface area contributed by atoms with E-state index in [0.29, 0.717) is 12.2 Å². The van der Waals surface area contributed by atoms with Gasteiger partial charge in [0, 0.05) is 6.54 Å². The molecule has 0 radical (unpaired) electrons. The van der Waals surface area contributed by atoms with E-state index in [4.69, 9.17) is 27.4 Å². The number of nitrogens with two attached hydrogens (primary N) is 3. The van der Waals surface area contributed by atoms with Gasteiger partial charge < -0.3 is 43.4 Å². The first-order chi connectivity index (χ1) is 15.0. The normalized spacial score (nSPS) is 13.2. The third-order valence-corrected chi connectivity index (χ3v) is 4.61. The van der Waals surface area contributed by atoms with Crippen LogP contribution in [-0.2, 0) is 24.0 Å². The minimum absolute atomic E-state index is 0.0930. The summed E-state index contributed by atoms with van der Waals surface area (Å²) in [6.45, 7) is -0.465. The van der Waals surface area contributed by atoms with Gasteiger partial charge in [-0.3, -0.25) is 29.0 Å². The summed E-state index contributed by atoms with van der Waals surface area (Å²) in [5.74, 6) is -4.45. The van der Waals surface area contributed by atoms with E-state index in [1.54, 1.807) is 6.26 Å². The third-order valence-electron chi connectivity index (χ3n) is 3.97. The van der Waals surface area contributed by atoms with Crippen LogP contribution in [0.2, 0.25) is 0 Å². The van der Waals surface area contributed by atoms with Crippen LogP contribution in [-0.4, -0.2) is 89.1 Å². The van der Waals surface area contributed by atoms with E-state index < -0.39 is 60.8 Å². The fourth-order valence-electron chi connectivity index (χ4n) is 2.39. The molecular formula is C17H31N7O7S. The average Bonchev–Trinajstić information content (AvgIpc) is 2.70. The number of aliphatic carboxylic acids is 2. The highest BCUT2D eigenvalue weighted by molar-refractivity contribution is 7.98. The predicted molar refractivity (Wildman–Crippen MR) is 118 cm³/mol. The molecule has 11 N–H and O–H groups in total. The molecule has 0 aromatic rings. The number of carbonyl (C=O) groups excluding carboxylic acids is 3. The van der Waals surface area contributed by atoms with E-state index in [9.17, 15) is 24.0 Å². The van der Waals surface area contributed by atoms with Crippen molar-refractivity contribution in [3.05, 3.63) is 0 Å². The molecule has 3 amide bonds. The largest absolute Gasteiger partial charge is 0.481 e. The number of carbonyl (C=O) groups is 5. The van der Waals surface area contributed by atoms with Crippen molar-refractivity contribution in [3.63, 3.8) is 0 Å². The van der Waals surface area contributed by atoms with E-state index in [0.717, 1.165) is 0 Å². The number of hydrogen-bond donors (Lipinski definition) is 8. The zero-order valence-corrected chi connectivity index (χ0v) is 18.5. The van der Waals surface area contributed by atoms with Gasteiger partial charge in [-0.2, -0.15) is 11.8 Å². The molecule has 0 saturated heterocycles. The molecule has 15 heteroatoms. The molecule has 0 saturated carbocycles. The van der Waals surface area contributed by atoms with Crippen molar-refractivity contribution in [3.8, 4) is 0 Å². The Morgan fingerprint density at radius 2 is 1.53 bits per heavy atom. The maximum absolute atomic E-state index is 12.8. The molecule has 0 bridgehead atoms. The number of aliphatic imine (C=N–C) groups is 1. The molecule has 32 heavy (non-hydrogen) atoms. The lowest BCUT2D eigenvalue weighted by Crippen LogP contribution is -2.56. The molecular weight excluding hydrogens is 446 g/mol. The highest BCUT2D eigenvalue weighted by atomic mass is 32.2. The van der Waals surface area contributed by atoms with Crippen molar-refractivity contribution >= 4 is 47.4 Å². The lowest BCUT2D eigenvalue weighted by molar-refractivity contribution is -0.139. The van der Waals surface area contributed by atoms with E-state index >= 15 is 0 Å². The molecule has 0 aliphatic heterocycles. The summed E-state index contributed by atoms with van der Waals surface area (Å²) >= 11 is 1.41. The summed E-state index contributed by atoms with van der Waals surface area (Å²) in [4.78, 5) is 62.5. The Morgan fingerprint density at radius 3 is 2.06 bits per heavy atom. The molecule has 3 atom stereocenters. The first-order valence-electron chi connectivity index (χ1n) is 9.59. The number of hydrogen-bond acceptors (Lipinski definition) is 8. The van der Waals surface area contributed by atoms with Crippen molar-refractivity contribution in [2.45, 2.75) is 43.8 Å². The van der Waals surface area contributed by atoms with Crippen molar-refractivity contribution in [1.82, 2.24) is 16.0 Å². The second-order valence-electron chi connectivity index (χ2n) is 6.67. The number of carboxylic acid groups (broad SMARTS) is 2. The summed E-state index contributed by atoms with van der Waals surface area (Å²) in [7, 11) is 0. The maximum atomic E-state index is 12.8. The quantitative estimate of drug-likeness (QED) is 0.0622. The van der Waals surface area contributed by atoms with Crippen LogP contribution in [0.4, 0.5) is 0 Å². The van der Waals surface area contributed by atoms with E-state index in [2.05, 4.69) is 20.9 Å². The minimum Gasteiger partial charge on any atom is -0.481 e. The van der Waals surface area contributed by atoms with Crippen molar-refractivity contribution < 1.29 is 34.2 Å². The summed E-state index contributed by atoms with van der Waals surface area (Å²) in [5, 5.41) is 24.6. The van der Waals surface area contributed by atoms with Crippen LogP contribution in [0.25, 0.3) is 0 Å². The van der Waals surface area contributed by atoms with Crippen LogP contribution in [0, 0.1) is 0 Å². The number of rotatable bonds is 16. The SMILES string of the molecule is CSCCC(NC(=O)C(N)CC(=O)O)C(=O)NC(CCCN=C(N)N)C(=O)NCC(=O)O. The Kier molecular flexibility index (Phi) is 14.2. The molecule has 14 nitrogen and oxygen atoms in total. The Balaban J connectivity index is 5.28. The molecule has 0 aliphatic carbocycles. The van der Waals surface area contributed by atoms with Crippen molar-refractivity contribution in [1.29, 1.82) is 0 Å². The second-order valence-corrected chi connectivity index (χ2v) is 7.65. The monoisotopic (exact) mass is 477 g/mol. The number of nitrogens with zero attached hydrogens (tertiary/aromatic N) is 1. The van der Waals surface area contributed by atoms with Gasteiger partial charge in [0.25, 0.3) is 0 Å². The molecule has 0 aromatic carbocycles. The summed E-state index contributed by atoms with van der Waals surface area (Å²) in [6, 6.07) is -3.55. The molecule has 0 spiro atoms. The van der Waals surface area contributed by atoms with Crippen LogP contribution < -0.4 is 33.2 Å². The van der Waals surface area contributed by atoms with Gasteiger partial charge in [0.2, 0.25) is 17.7 Å². The third kappa shape index (κ3) is 13.3. The van der Waals surface area contributed by atoms with Gasteiger partial charge in [-0.1, -0.05) is 0 Å².